The van der Waals surface area contributed by atoms with Crippen LogP contribution in [0.4, 0.5) is 11.4 Å². The van der Waals surface area contributed by atoms with E-state index in [0.29, 0.717) is 28.1 Å². The third kappa shape index (κ3) is 4.61. The number of aryl methyl sites for hydroxylation is 1. The zero-order valence-corrected chi connectivity index (χ0v) is 16.6. The molecule has 3 aromatic rings. The highest BCUT2D eigenvalue weighted by atomic mass is 35.5. The summed E-state index contributed by atoms with van der Waals surface area (Å²) in [5.41, 5.74) is 9.07. The van der Waals surface area contributed by atoms with Gasteiger partial charge in [0.2, 0.25) is 5.91 Å². The molecule has 8 heteroatoms. The number of anilines is 2. The van der Waals surface area contributed by atoms with Crippen LogP contribution in [0, 0.1) is 6.92 Å². The van der Waals surface area contributed by atoms with Gasteiger partial charge in [-0.25, -0.2) is 0 Å². The number of halogens is 1. The number of thioether (sulfide) groups is 1. The maximum atomic E-state index is 12.3. The Morgan fingerprint density at radius 2 is 2.07 bits per heavy atom. The molecule has 0 atom stereocenters. The summed E-state index contributed by atoms with van der Waals surface area (Å²) in [6.45, 7) is 4.62. The Bertz CT molecular complexity index is 972. The van der Waals surface area contributed by atoms with Gasteiger partial charge in [0.05, 0.1) is 5.75 Å². The van der Waals surface area contributed by atoms with Crippen molar-refractivity contribution >= 4 is 40.6 Å². The van der Waals surface area contributed by atoms with Crippen LogP contribution in [0.2, 0.25) is 5.02 Å². The second kappa shape index (κ2) is 8.45. The summed E-state index contributed by atoms with van der Waals surface area (Å²) in [6.07, 6.45) is 0. The van der Waals surface area contributed by atoms with Crippen molar-refractivity contribution in [3.63, 3.8) is 0 Å². The molecule has 6 nitrogen and oxygen atoms in total. The van der Waals surface area contributed by atoms with E-state index < -0.39 is 0 Å². The lowest BCUT2D eigenvalue weighted by molar-refractivity contribution is -0.113. The van der Waals surface area contributed by atoms with Crippen molar-refractivity contribution in [3.8, 4) is 11.4 Å². The summed E-state index contributed by atoms with van der Waals surface area (Å²) in [5.74, 6) is 0.828. The molecule has 0 fully saturated rings. The third-order valence-electron chi connectivity index (χ3n) is 3.97. The predicted octanol–water partition coefficient (Wildman–Crippen LogP) is 4.24. The number of carbonyl (C=O) groups excluding carboxylic acids is 1. The van der Waals surface area contributed by atoms with E-state index in [0.717, 1.165) is 17.0 Å². The summed E-state index contributed by atoms with van der Waals surface area (Å²) in [4.78, 5) is 12.3. The molecule has 1 amide bonds. The van der Waals surface area contributed by atoms with Crippen molar-refractivity contribution in [1.82, 2.24) is 14.8 Å². The van der Waals surface area contributed by atoms with Crippen LogP contribution in [0.1, 0.15) is 12.5 Å². The first-order valence-electron chi connectivity index (χ1n) is 8.46. The number of nitrogens with two attached hydrogens (primary N) is 1. The lowest BCUT2D eigenvalue weighted by Gasteiger charge is -2.09. The van der Waals surface area contributed by atoms with Crippen LogP contribution in [-0.4, -0.2) is 26.4 Å². The molecule has 2 aromatic carbocycles. The third-order valence-corrected chi connectivity index (χ3v) is 5.34. The smallest absolute Gasteiger partial charge is 0.234 e. The van der Waals surface area contributed by atoms with Crippen molar-refractivity contribution in [1.29, 1.82) is 0 Å². The van der Waals surface area contributed by atoms with Gasteiger partial charge in [-0.2, -0.15) is 0 Å². The van der Waals surface area contributed by atoms with Crippen LogP contribution in [0.25, 0.3) is 11.4 Å². The van der Waals surface area contributed by atoms with E-state index in [1.165, 1.54) is 11.8 Å². The minimum absolute atomic E-state index is 0.129. The molecule has 1 aromatic heterocycles. The van der Waals surface area contributed by atoms with Gasteiger partial charge in [-0.3, -0.25) is 4.79 Å². The molecule has 0 radical (unpaired) electrons. The monoisotopic (exact) mass is 401 g/mol. The number of amides is 1. The van der Waals surface area contributed by atoms with Crippen LogP contribution < -0.4 is 11.1 Å². The van der Waals surface area contributed by atoms with Crippen molar-refractivity contribution in [2.75, 3.05) is 16.8 Å². The molecule has 0 unspecified atom stereocenters. The molecule has 0 saturated carbocycles. The number of hydrogen-bond donors (Lipinski definition) is 2. The fourth-order valence-corrected chi connectivity index (χ4v) is 3.55. The molecule has 0 saturated heterocycles. The Morgan fingerprint density at radius 1 is 1.26 bits per heavy atom. The summed E-state index contributed by atoms with van der Waals surface area (Å²) in [7, 11) is 0. The lowest BCUT2D eigenvalue weighted by Crippen LogP contribution is -2.14. The molecule has 1 heterocycles. The van der Waals surface area contributed by atoms with Crippen molar-refractivity contribution in [2.45, 2.75) is 25.5 Å². The minimum atomic E-state index is -0.129. The molecule has 140 valence electrons. The van der Waals surface area contributed by atoms with Crippen LogP contribution in [0.3, 0.4) is 0 Å². The Morgan fingerprint density at radius 3 is 2.78 bits per heavy atom. The van der Waals surface area contributed by atoms with Gasteiger partial charge < -0.3 is 15.6 Å². The molecule has 0 aliphatic heterocycles. The van der Waals surface area contributed by atoms with Gasteiger partial charge in [-0.15, -0.1) is 10.2 Å². The van der Waals surface area contributed by atoms with E-state index in [4.69, 9.17) is 17.3 Å². The first-order valence-corrected chi connectivity index (χ1v) is 9.82. The number of rotatable bonds is 6. The first kappa shape index (κ1) is 19.3. The highest BCUT2D eigenvalue weighted by Crippen LogP contribution is 2.25. The number of carbonyl (C=O) groups is 1. The highest BCUT2D eigenvalue weighted by molar-refractivity contribution is 7.99. The first-order chi connectivity index (χ1) is 13.0. The van der Waals surface area contributed by atoms with Crippen LogP contribution in [0.5, 0.6) is 0 Å². The molecule has 27 heavy (non-hydrogen) atoms. The van der Waals surface area contributed by atoms with E-state index in [9.17, 15) is 4.79 Å². The molecular formula is C19H20ClN5OS. The summed E-state index contributed by atoms with van der Waals surface area (Å²) >= 11 is 7.43. The molecule has 0 aliphatic rings. The average molecular weight is 402 g/mol. The van der Waals surface area contributed by atoms with Gasteiger partial charge in [0.15, 0.2) is 11.0 Å². The lowest BCUT2D eigenvalue weighted by atomic mass is 10.2. The van der Waals surface area contributed by atoms with Gasteiger partial charge in [-0.05, 0) is 43.7 Å². The molecule has 0 aliphatic carbocycles. The van der Waals surface area contributed by atoms with E-state index in [1.54, 1.807) is 6.07 Å². The maximum Gasteiger partial charge on any atom is 0.234 e. The summed E-state index contributed by atoms with van der Waals surface area (Å²) < 4.78 is 1.97. The summed E-state index contributed by atoms with van der Waals surface area (Å²) in [5, 5.41) is 12.7. The number of nitrogens with one attached hydrogen (secondary N) is 1. The second-order valence-corrected chi connectivity index (χ2v) is 7.33. The number of benzene rings is 2. The highest BCUT2D eigenvalue weighted by Gasteiger charge is 2.15. The Labute approximate surface area is 167 Å². The normalized spacial score (nSPS) is 10.8. The predicted molar refractivity (Wildman–Crippen MR) is 111 cm³/mol. The van der Waals surface area contributed by atoms with Crippen molar-refractivity contribution < 1.29 is 4.79 Å². The summed E-state index contributed by atoms with van der Waals surface area (Å²) in [6, 6.07) is 13.0. The van der Waals surface area contributed by atoms with Gasteiger partial charge in [0.1, 0.15) is 0 Å². The average Bonchev–Trinajstić information content (AvgIpc) is 3.06. The fourth-order valence-electron chi connectivity index (χ4n) is 2.57. The number of aromatic nitrogens is 3. The Balaban J connectivity index is 1.69. The van der Waals surface area contributed by atoms with Crippen LogP contribution in [0.15, 0.2) is 47.6 Å². The van der Waals surface area contributed by atoms with Crippen LogP contribution >= 0.6 is 23.4 Å². The molecule has 3 N–H and O–H groups in total. The largest absolute Gasteiger partial charge is 0.399 e. The quantitative estimate of drug-likeness (QED) is 0.476. The van der Waals surface area contributed by atoms with Crippen LogP contribution in [-0.2, 0) is 11.3 Å². The zero-order valence-electron chi connectivity index (χ0n) is 15.1. The molecule has 3 rings (SSSR count). The van der Waals surface area contributed by atoms with E-state index in [-0.39, 0.29) is 11.7 Å². The van der Waals surface area contributed by atoms with Gasteiger partial charge in [0, 0.05) is 28.5 Å². The Hall–Kier alpha value is -2.51. The Kier molecular flexibility index (Phi) is 6.03. The SMILES string of the molecule is CCn1c(SCC(=O)Nc2ccc(C)c(Cl)c2)nnc1-c1cccc(N)c1. The van der Waals surface area contributed by atoms with Crippen molar-refractivity contribution in [3.05, 3.63) is 53.1 Å². The van der Waals surface area contributed by atoms with Gasteiger partial charge in [-0.1, -0.05) is 41.6 Å². The fraction of sp³-hybridized carbons (Fsp3) is 0.211. The van der Waals surface area contributed by atoms with Gasteiger partial charge >= 0.3 is 0 Å². The standard InChI is InChI=1S/C19H20ClN5OS/c1-3-25-18(13-5-4-6-14(21)9-13)23-24-19(25)27-11-17(26)22-15-8-7-12(2)16(20)10-15/h4-10H,3,11,21H2,1-2H3,(H,22,26). The zero-order chi connectivity index (χ0) is 19.4. The molecule has 0 bridgehead atoms. The molecule has 0 spiro atoms. The van der Waals surface area contributed by atoms with Crippen molar-refractivity contribution in [2.24, 2.45) is 0 Å². The topological polar surface area (TPSA) is 85.8 Å². The van der Waals surface area contributed by atoms with E-state index in [1.807, 2.05) is 54.8 Å². The molecular weight excluding hydrogens is 382 g/mol. The van der Waals surface area contributed by atoms with E-state index in [2.05, 4.69) is 15.5 Å². The maximum absolute atomic E-state index is 12.3. The number of nitrogen functional groups attached to an aromatic ring is 1. The number of hydrogen-bond acceptors (Lipinski definition) is 5. The van der Waals surface area contributed by atoms with E-state index >= 15 is 0 Å². The minimum Gasteiger partial charge on any atom is -0.399 e. The number of nitrogens with zero attached hydrogens (tertiary/aromatic N) is 3. The van der Waals surface area contributed by atoms with Gasteiger partial charge in [0.25, 0.3) is 0 Å². The second-order valence-electron chi connectivity index (χ2n) is 5.98.